The second-order valence-electron chi connectivity index (χ2n) is 3.51. The van der Waals surface area contributed by atoms with Crippen molar-refractivity contribution in [3.05, 3.63) is 42.5 Å². The fourth-order valence-electron chi connectivity index (χ4n) is 1.71. The fourth-order valence-corrected chi connectivity index (χ4v) is 2.12. The molecule has 0 spiro atoms. The van der Waals surface area contributed by atoms with E-state index in [4.69, 9.17) is 0 Å². The maximum Gasteiger partial charge on any atom is 0.00693 e. The SMILES string of the molecule is C=C[C@H]1C[C@@H]1c1ccc(SC)cc1. The number of hydrogen-bond acceptors (Lipinski definition) is 1. The average Bonchev–Trinajstić information content (AvgIpc) is 2.97. The summed E-state index contributed by atoms with van der Waals surface area (Å²) in [6.45, 7) is 3.83. The Bertz CT molecular complexity index is 299. The summed E-state index contributed by atoms with van der Waals surface area (Å²) in [6.07, 6.45) is 5.48. The monoisotopic (exact) mass is 190 g/mol. The van der Waals surface area contributed by atoms with Gasteiger partial charge in [0.25, 0.3) is 0 Å². The third kappa shape index (κ3) is 1.80. The van der Waals surface area contributed by atoms with E-state index in [1.807, 2.05) is 0 Å². The molecular formula is C12H14S. The molecule has 0 radical (unpaired) electrons. The van der Waals surface area contributed by atoms with Crippen LogP contribution in [-0.4, -0.2) is 6.26 Å². The van der Waals surface area contributed by atoms with E-state index in [-0.39, 0.29) is 0 Å². The highest BCUT2D eigenvalue weighted by Gasteiger charge is 2.35. The molecule has 2 atom stereocenters. The Morgan fingerprint density at radius 1 is 1.38 bits per heavy atom. The minimum Gasteiger partial charge on any atom is -0.130 e. The van der Waals surface area contributed by atoms with E-state index in [2.05, 4.69) is 43.2 Å². The first kappa shape index (κ1) is 8.89. The highest BCUT2D eigenvalue weighted by Crippen LogP contribution is 2.48. The van der Waals surface area contributed by atoms with Crippen LogP contribution in [0.4, 0.5) is 0 Å². The number of rotatable bonds is 3. The minimum atomic E-state index is 0.736. The fraction of sp³-hybridized carbons (Fsp3) is 0.333. The van der Waals surface area contributed by atoms with Crippen LogP contribution in [0.5, 0.6) is 0 Å². The summed E-state index contributed by atoms with van der Waals surface area (Å²) < 4.78 is 0. The van der Waals surface area contributed by atoms with Crippen molar-refractivity contribution in [1.82, 2.24) is 0 Å². The van der Waals surface area contributed by atoms with E-state index in [0.29, 0.717) is 0 Å². The molecule has 1 fully saturated rings. The topological polar surface area (TPSA) is 0 Å². The van der Waals surface area contributed by atoms with Crippen molar-refractivity contribution >= 4 is 11.8 Å². The summed E-state index contributed by atoms with van der Waals surface area (Å²) in [5, 5.41) is 0. The number of benzene rings is 1. The lowest BCUT2D eigenvalue weighted by atomic mass is 10.1. The third-order valence-electron chi connectivity index (χ3n) is 2.69. The Morgan fingerprint density at radius 2 is 2.08 bits per heavy atom. The van der Waals surface area contributed by atoms with Crippen LogP contribution in [0.3, 0.4) is 0 Å². The Labute approximate surface area is 84.0 Å². The van der Waals surface area contributed by atoms with Gasteiger partial charge < -0.3 is 0 Å². The summed E-state index contributed by atoms with van der Waals surface area (Å²) in [5.41, 5.74) is 1.47. The molecule has 0 aromatic heterocycles. The largest absolute Gasteiger partial charge is 0.130 e. The van der Waals surface area contributed by atoms with Crippen LogP contribution in [0.1, 0.15) is 17.9 Å². The number of hydrogen-bond donors (Lipinski definition) is 0. The molecule has 1 aromatic rings. The first-order valence-corrected chi connectivity index (χ1v) is 5.84. The van der Waals surface area contributed by atoms with Crippen LogP contribution >= 0.6 is 11.8 Å². The van der Waals surface area contributed by atoms with Crippen molar-refractivity contribution in [3.63, 3.8) is 0 Å². The maximum atomic E-state index is 3.83. The van der Waals surface area contributed by atoms with Crippen molar-refractivity contribution in [2.24, 2.45) is 5.92 Å². The molecule has 0 amide bonds. The molecule has 0 unspecified atom stereocenters. The zero-order chi connectivity index (χ0) is 9.26. The van der Waals surface area contributed by atoms with Gasteiger partial charge in [-0.2, -0.15) is 0 Å². The summed E-state index contributed by atoms with van der Waals surface area (Å²) in [5.74, 6) is 1.49. The molecule has 1 heteroatoms. The van der Waals surface area contributed by atoms with Gasteiger partial charge in [-0.1, -0.05) is 18.2 Å². The highest BCUT2D eigenvalue weighted by atomic mass is 32.2. The summed E-state index contributed by atoms with van der Waals surface area (Å²) >= 11 is 1.80. The van der Waals surface area contributed by atoms with Gasteiger partial charge in [-0.3, -0.25) is 0 Å². The summed E-state index contributed by atoms with van der Waals surface area (Å²) in [4.78, 5) is 1.35. The van der Waals surface area contributed by atoms with Gasteiger partial charge in [0.15, 0.2) is 0 Å². The molecule has 68 valence electrons. The molecule has 0 N–H and O–H groups in total. The predicted octanol–water partition coefficient (Wildman–Crippen LogP) is 3.70. The normalized spacial score (nSPS) is 25.6. The van der Waals surface area contributed by atoms with Gasteiger partial charge in [-0.25, -0.2) is 0 Å². The smallest absolute Gasteiger partial charge is 0.00693 e. The minimum absolute atomic E-state index is 0.736. The molecule has 0 nitrogen and oxygen atoms in total. The van der Waals surface area contributed by atoms with Crippen molar-refractivity contribution in [2.75, 3.05) is 6.26 Å². The van der Waals surface area contributed by atoms with Crippen LogP contribution < -0.4 is 0 Å². The molecule has 1 saturated carbocycles. The molecule has 13 heavy (non-hydrogen) atoms. The van der Waals surface area contributed by atoms with Gasteiger partial charge >= 0.3 is 0 Å². The van der Waals surface area contributed by atoms with E-state index in [0.717, 1.165) is 11.8 Å². The van der Waals surface area contributed by atoms with Crippen LogP contribution in [0.15, 0.2) is 41.8 Å². The summed E-state index contributed by atoms with van der Waals surface area (Å²) in [7, 11) is 0. The molecule has 0 bridgehead atoms. The van der Waals surface area contributed by atoms with Gasteiger partial charge in [0.1, 0.15) is 0 Å². The van der Waals surface area contributed by atoms with Gasteiger partial charge in [-0.15, -0.1) is 18.3 Å². The van der Waals surface area contributed by atoms with Crippen LogP contribution in [0.25, 0.3) is 0 Å². The Morgan fingerprint density at radius 3 is 2.54 bits per heavy atom. The number of thioether (sulfide) groups is 1. The van der Waals surface area contributed by atoms with Crippen LogP contribution in [-0.2, 0) is 0 Å². The molecule has 1 aromatic carbocycles. The zero-order valence-corrected chi connectivity index (χ0v) is 8.68. The van der Waals surface area contributed by atoms with E-state index >= 15 is 0 Å². The van der Waals surface area contributed by atoms with E-state index < -0.39 is 0 Å². The molecule has 1 aliphatic carbocycles. The zero-order valence-electron chi connectivity index (χ0n) is 7.86. The molecular weight excluding hydrogens is 176 g/mol. The maximum absolute atomic E-state index is 3.83. The van der Waals surface area contributed by atoms with E-state index in [1.165, 1.54) is 16.9 Å². The van der Waals surface area contributed by atoms with Crippen LogP contribution in [0.2, 0.25) is 0 Å². The lowest BCUT2D eigenvalue weighted by molar-refractivity contribution is 1.01. The van der Waals surface area contributed by atoms with Crippen LogP contribution in [0, 0.1) is 5.92 Å². The van der Waals surface area contributed by atoms with Crippen molar-refractivity contribution in [2.45, 2.75) is 17.2 Å². The Kier molecular flexibility index (Phi) is 2.45. The van der Waals surface area contributed by atoms with Crippen molar-refractivity contribution in [3.8, 4) is 0 Å². The molecule has 0 saturated heterocycles. The summed E-state index contributed by atoms with van der Waals surface area (Å²) in [6, 6.07) is 8.91. The first-order chi connectivity index (χ1) is 6.35. The first-order valence-electron chi connectivity index (χ1n) is 4.61. The lowest BCUT2D eigenvalue weighted by Crippen LogP contribution is -1.80. The van der Waals surface area contributed by atoms with E-state index in [1.54, 1.807) is 11.8 Å². The lowest BCUT2D eigenvalue weighted by Gasteiger charge is -1.99. The van der Waals surface area contributed by atoms with Gasteiger partial charge in [0.05, 0.1) is 0 Å². The quantitative estimate of drug-likeness (QED) is 0.517. The van der Waals surface area contributed by atoms with Crippen molar-refractivity contribution < 1.29 is 0 Å². The van der Waals surface area contributed by atoms with E-state index in [9.17, 15) is 0 Å². The average molecular weight is 190 g/mol. The van der Waals surface area contributed by atoms with Gasteiger partial charge in [0.2, 0.25) is 0 Å². The second kappa shape index (κ2) is 3.59. The highest BCUT2D eigenvalue weighted by molar-refractivity contribution is 7.98. The predicted molar refractivity (Wildman–Crippen MR) is 59.3 cm³/mol. The van der Waals surface area contributed by atoms with Crippen molar-refractivity contribution in [1.29, 1.82) is 0 Å². The third-order valence-corrected chi connectivity index (χ3v) is 3.43. The van der Waals surface area contributed by atoms with Gasteiger partial charge in [-0.05, 0) is 42.2 Å². The second-order valence-corrected chi connectivity index (χ2v) is 4.39. The standard InChI is InChI=1S/C12H14S/c1-3-9-8-12(9)10-4-6-11(13-2)7-5-10/h3-7,9,12H,1,8H2,2H3/t9-,12-/m0/s1. The Hall–Kier alpha value is -0.690. The molecule has 2 rings (SSSR count). The molecule has 1 aliphatic rings. The van der Waals surface area contributed by atoms with Gasteiger partial charge in [0, 0.05) is 4.90 Å². The molecule has 0 heterocycles. The molecule has 0 aliphatic heterocycles. The Balaban J connectivity index is 2.11. The number of allylic oxidation sites excluding steroid dienone is 1.